The molecule has 0 aliphatic heterocycles. The van der Waals surface area contributed by atoms with Crippen LogP contribution in [0.3, 0.4) is 0 Å². The van der Waals surface area contributed by atoms with E-state index < -0.39 is 18.0 Å². The van der Waals surface area contributed by atoms with Gasteiger partial charge in [-0.3, -0.25) is 4.79 Å². The predicted molar refractivity (Wildman–Crippen MR) is 54.0 cm³/mol. The summed E-state index contributed by atoms with van der Waals surface area (Å²) in [6.45, 7) is 0. The number of aromatic hydroxyl groups is 1. The van der Waals surface area contributed by atoms with Crippen molar-refractivity contribution in [3.8, 4) is 5.75 Å². The van der Waals surface area contributed by atoms with E-state index in [1.807, 2.05) is 0 Å². The number of methoxy groups -OCH3 is 1. The fraction of sp³-hybridized carbons (Fsp3) is 0.200. The second-order valence-corrected chi connectivity index (χ2v) is 3.08. The van der Waals surface area contributed by atoms with Gasteiger partial charge in [0, 0.05) is 0 Å². The van der Waals surface area contributed by atoms with E-state index in [2.05, 4.69) is 4.74 Å². The summed E-state index contributed by atoms with van der Waals surface area (Å²) in [5.41, 5.74) is 5.48. The maximum atomic E-state index is 11.1. The Kier molecular flexibility index (Phi) is 3.47. The van der Waals surface area contributed by atoms with E-state index in [-0.39, 0.29) is 16.9 Å². The first-order valence-corrected chi connectivity index (χ1v) is 4.37. The van der Waals surface area contributed by atoms with Crippen molar-refractivity contribution in [2.24, 2.45) is 5.73 Å². The smallest absolute Gasteiger partial charge is 0.339 e. The van der Waals surface area contributed by atoms with Crippen LogP contribution in [0.4, 0.5) is 0 Å². The third-order valence-corrected chi connectivity index (χ3v) is 2.07. The van der Waals surface area contributed by atoms with Crippen molar-refractivity contribution in [1.82, 2.24) is 0 Å². The van der Waals surface area contributed by atoms with Crippen LogP contribution in [-0.4, -0.2) is 29.3 Å². The Hall–Kier alpha value is -2.08. The maximum Gasteiger partial charge on any atom is 0.339 e. The van der Waals surface area contributed by atoms with Crippen LogP contribution in [0.25, 0.3) is 0 Å². The Labute approximate surface area is 91.3 Å². The van der Waals surface area contributed by atoms with Crippen molar-refractivity contribution in [2.75, 3.05) is 7.11 Å². The number of phenols is 1. The van der Waals surface area contributed by atoms with Gasteiger partial charge in [-0.1, -0.05) is 6.07 Å². The molecule has 0 heterocycles. The molecule has 1 aromatic carbocycles. The molecule has 0 radical (unpaired) electrons. The molecule has 0 aliphatic carbocycles. The van der Waals surface area contributed by atoms with E-state index >= 15 is 0 Å². The van der Waals surface area contributed by atoms with E-state index in [0.717, 1.165) is 6.07 Å². The Balaban J connectivity index is 3.12. The standard InChI is InChI=1S/C10H11NO5/c1-16-10(15)8(11)5-2-3-7(12)6(4-5)9(13)14/h2-4,8,12H,11H2,1H3,(H,13,14)/t8-/m0/s1. The molecular formula is C10H11NO5. The Morgan fingerprint density at radius 1 is 1.44 bits per heavy atom. The third kappa shape index (κ3) is 2.29. The van der Waals surface area contributed by atoms with Gasteiger partial charge in [-0.05, 0) is 17.7 Å². The highest BCUT2D eigenvalue weighted by Crippen LogP contribution is 2.22. The van der Waals surface area contributed by atoms with E-state index in [9.17, 15) is 14.7 Å². The molecule has 0 aliphatic rings. The van der Waals surface area contributed by atoms with Gasteiger partial charge < -0.3 is 20.7 Å². The topological polar surface area (TPSA) is 110 Å². The van der Waals surface area contributed by atoms with Crippen LogP contribution >= 0.6 is 0 Å². The van der Waals surface area contributed by atoms with Crippen LogP contribution in [0.5, 0.6) is 5.75 Å². The number of carboxylic acid groups (broad SMARTS) is 1. The SMILES string of the molecule is COC(=O)[C@@H](N)c1ccc(O)c(C(=O)O)c1. The summed E-state index contributed by atoms with van der Waals surface area (Å²) in [6.07, 6.45) is 0. The normalized spacial score (nSPS) is 11.9. The van der Waals surface area contributed by atoms with Crippen LogP contribution in [0.15, 0.2) is 18.2 Å². The highest BCUT2D eigenvalue weighted by atomic mass is 16.5. The second kappa shape index (κ2) is 4.63. The molecule has 1 atom stereocenters. The summed E-state index contributed by atoms with van der Waals surface area (Å²) in [4.78, 5) is 21.8. The number of carboxylic acids is 1. The summed E-state index contributed by atoms with van der Waals surface area (Å²) in [5, 5.41) is 18.0. The first-order valence-electron chi connectivity index (χ1n) is 4.37. The molecule has 0 saturated heterocycles. The molecule has 1 rings (SSSR count). The van der Waals surface area contributed by atoms with Crippen LogP contribution < -0.4 is 5.73 Å². The zero-order chi connectivity index (χ0) is 12.3. The molecule has 0 saturated carbocycles. The summed E-state index contributed by atoms with van der Waals surface area (Å²) >= 11 is 0. The lowest BCUT2D eigenvalue weighted by Gasteiger charge is -2.10. The van der Waals surface area contributed by atoms with Crippen molar-refractivity contribution >= 4 is 11.9 Å². The van der Waals surface area contributed by atoms with Crippen LogP contribution in [-0.2, 0) is 9.53 Å². The molecule has 86 valence electrons. The summed E-state index contributed by atoms with van der Waals surface area (Å²) < 4.78 is 4.42. The van der Waals surface area contributed by atoms with Crippen molar-refractivity contribution in [3.05, 3.63) is 29.3 Å². The molecule has 0 unspecified atom stereocenters. The van der Waals surface area contributed by atoms with Gasteiger partial charge in [0.1, 0.15) is 17.4 Å². The molecule has 0 spiro atoms. The van der Waals surface area contributed by atoms with Crippen molar-refractivity contribution < 1.29 is 24.5 Å². The highest BCUT2D eigenvalue weighted by molar-refractivity contribution is 5.91. The molecule has 16 heavy (non-hydrogen) atoms. The number of ether oxygens (including phenoxy) is 1. The second-order valence-electron chi connectivity index (χ2n) is 3.08. The molecule has 4 N–H and O–H groups in total. The number of hydrogen-bond acceptors (Lipinski definition) is 5. The Morgan fingerprint density at radius 3 is 2.56 bits per heavy atom. The lowest BCUT2D eigenvalue weighted by Crippen LogP contribution is -2.22. The van der Waals surface area contributed by atoms with Gasteiger partial charge in [0.05, 0.1) is 7.11 Å². The number of aromatic carboxylic acids is 1. The minimum absolute atomic E-state index is 0.266. The Morgan fingerprint density at radius 2 is 2.06 bits per heavy atom. The molecule has 0 amide bonds. The minimum atomic E-state index is -1.29. The lowest BCUT2D eigenvalue weighted by molar-refractivity contribution is -0.142. The van der Waals surface area contributed by atoms with E-state index in [1.165, 1.54) is 19.2 Å². The number of carbonyl (C=O) groups excluding carboxylic acids is 1. The zero-order valence-electron chi connectivity index (χ0n) is 8.51. The fourth-order valence-electron chi connectivity index (χ4n) is 1.18. The predicted octanol–water partition coefficient (Wildman–Crippen LogP) is 0.263. The van der Waals surface area contributed by atoms with Crippen LogP contribution in [0.2, 0.25) is 0 Å². The van der Waals surface area contributed by atoms with Gasteiger partial charge in [0.15, 0.2) is 0 Å². The highest BCUT2D eigenvalue weighted by Gasteiger charge is 2.19. The van der Waals surface area contributed by atoms with Gasteiger partial charge in [-0.15, -0.1) is 0 Å². The molecule has 1 aromatic rings. The van der Waals surface area contributed by atoms with Crippen LogP contribution in [0.1, 0.15) is 22.0 Å². The Bertz CT molecular complexity index is 429. The molecule has 0 bridgehead atoms. The largest absolute Gasteiger partial charge is 0.507 e. The van der Waals surface area contributed by atoms with Crippen molar-refractivity contribution in [2.45, 2.75) is 6.04 Å². The van der Waals surface area contributed by atoms with Crippen molar-refractivity contribution in [3.63, 3.8) is 0 Å². The number of carbonyl (C=O) groups is 2. The number of esters is 1. The van der Waals surface area contributed by atoms with Crippen LogP contribution in [0, 0.1) is 0 Å². The first kappa shape index (κ1) is 12.0. The molecule has 0 aromatic heterocycles. The third-order valence-electron chi connectivity index (χ3n) is 2.07. The lowest BCUT2D eigenvalue weighted by atomic mass is 10.0. The van der Waals surface area contributed by atoms with Gasteiger partial charge in [0.25, 0.3) is 0 Å². The molecule has 6 nitrogen and oxygen atoms in total. The molecule has 6 heteroatoms. The quantitative estimate of drug-likeness (QED) is 0.636. The van der Waals surface area contributed by atoms with Gasteiger partial charge in [-0.25, -0.2) is 4.79 Å². The average molecular weight is 225 g/mol. The van der Waals surface area contributed by atoms with Gasteiger partial charge >= 0.3 is 11.9 Å². The summed E-state index contributed by atoms with van der Waals surface area (Å²) in [5.74, 6) is -2.35. The van der Waals surface area contributed by atoms with E-state index in [4.69, 9.17) is 10.8 Å². The fourth-order valence-corrected chi connectivity index (χ4v) is 1.18. The van der Waals surface area contributed by atoms with Gasteiger partial charge in [0.2, 0.25) is 0 Å². The van der Waals surface area contributed by atoms with E-state index in [1.54, 1.807) is 0 Å². The summed E-state index contributed by atoms with van der Waals surface area (Å²) in [7, 11) is 1.18. The van der Waals surface area contributed by atoms with Gasteiger partial charge in [-0.2, -0.15) is 0 Å². The van der Waals surface area contributed by atoms with Crippen molar-refractivity contribution in [1.29, 1.82) is 0 Å². The molecule has 0 fully saturated rings. The number of benzene rings is 1. The first-order chi connectivity index (χ1) is 7.47. The minimum Gasteiger partial charge on any atom is -0.507 e. The molecular weight excluding hydrogens is 214 g/mol. The number of rotatable bonds is 3. The maximum absolute atomic E-state index is 11.1. The van der Waals surface area contributed by atoms with E-state index in [0.29, 0.717) is 0 Å². The average Bonchev–Trinajstić information content (AvgIpc) is 2.27. The monoisotopic (exact) mass is 225 g/mol. The zero-order valence-corrected chi connectivity index (χ0v) is 8.51. The number of hydrogen-bond donors (Lipinski definition) is 3. The summed E-state index contributed by atoms with van der Waals surface area (Å²) in [6, 6.07) is 2.60. The number of nitrogens with two attached hydrogens (primary N) is 1.